The van der Waals surface area contributed by atoms with Gasteiger partial charge in [-0.2, -0.15) is 0 Å². The maximum Gasteiger partial charge on any atom is 0.145 e. The molecule has 1 N–H and O–H groups in total. The normalized spacial score (nSPS) is 13.0. The number of halogens is 1. The van der Waals surface area contributed by atoms with E-state index in [2.05, 4.69) is 70.0 Å². The fraction of sp³-hybridized carbons (Fsp3) is 0.382. The largest absolute Gasteiger partial charge is 0.505 e. The van der Waals surface area contributed by atoms with Crippen molar-refractivity contribution in [3.8, 4) is 11.5 Å². The van der Waals surface area contributed by atoms with Crippen molar-refractivity contribution in [2.45, 2.75) is 79.1 Å². The van der Waals surface area contributed by atoms with Gasteiger partial charge in [0.2, 0.25) is 0 Å². The van der Waals surface area contributed by atoms with E-state index in [9.17, 15) is 5.11 Å². The molecule has 1 atom stereocenters. The number of nitrogens with zero attached hydrogens (tertiary/aromatic N) is 1. The number of hydrogen-bond donors (Lipinski definition) is 1. The summed E-state index contributed by atoms with van der Waals surface area (Å²) in [7, 11) is 0. The SMILES string of the molecule is CCCC(c1cccc(OC/C=C(\C)CC/C=C(\C)CCC=C(C)C)c1)c1cc(Cl)c2cccnc2c1O. The molecule has 0 saturated heterocycles. The number of fused-ring (bicyclic) bond motifs is 1. The number of aromatic hydroxyl groups is 1. The van der Waals surface area contributed by atoms with Crippen LogP contribution in [0.25, 0.3) is 10.9 Å². The number of phenolic OH excluding ortho intramolecular Hbond substituents is 1. The van der Waals surface area contributed by atoms with Crippen molar-refractivity contribution in [1.29, 1.82) is 0 Å². The molecule has 1 heterocycles. The Labute approximate surface area is 233 Å². The van der Waals surface area contributed by atoms with E-state index in [-0.39, 0.29) is 11.7 Å². The van der Waals surface area contributed by atoms with E-state index in [0.29, 0.717) is 17.1 Å². The quantitative estimate of drug-likeness (QED) is 0.223. The minimum Gasteiger partial charge on any atom is -0.505 e. The molecule has 3 nitrogen and oxygen atoms in total. The third kappa shape index (κ3) is 8.49. The van der Waals surface area contributed by atoms with Crippen LogP contribution in [-0.4, -0.2) is 16.7 Å². The van der Waals surface area contributed by atoms with E-state index < -0.39 is 0 Å². The summed E-state index contributed by atoms with van der Waals surface area (Å²) in [6, 6.07) is 13.8. The lowest BCUT2D eigenvalue weighted by Gasteiger charge is -2.20. The first-order chi connectivity index (χ1) is 18.3. The number of pyridine rings is 1. The molecule has 202 valence electrons. The number of aromatic nitrogens is 1. The first kappa shape index (κ1) is 29.5. The highest BCUT2D eigenvalue weighted by molar-refractivity contribution is 6.35. The fourth-order valence-corrected chi connectivity index (χ4v) is 4.97. The molecule has 1 aromatic heterocycles. The summed E-state index contributed by atoms with van der Waals surface area (Å²) in [5.74, 6) is 1.03. The zero-order valence-electron chi connectivity index (χ0n) is 23.6. The summed E-state index contributed by atoms with van der Waals surface area (Å²) in [5, 5.41) is 12.5. The zero-order chi connectivity index (χ0) is 27.5. The molecule has 1 unspecified atom stereocenters. The standard InChI is InChI=1S/C34H42ClNO2/c1-6-11-29(31-23-32(35)30-18-10-20-36-33(30)34(31)37)27-16-9-17-28(22-27)38-21-19-26(5)15-8-14-25(4)13-7-12-24(2)3/h9-10,12,14,16-20,22-23,29,37H,6-8,11,13,15,21H2,1-5H3/b25-14+,26-19+. The van der Waals surface area contributed by atoms with Crippen molar-refractivity contribution in [3.05, 3.63) is 99.8 Å². The Morgan fingerprint density at radius 1 is 0.974 bits per heavy atom. The van der Waals surface area contributed by atoms with Gasteiger partial charge in [-0.25, -0.2) is 0 Å². The number of allylic oxidation sites excluding steroid dienone is 5. The third-order valence-corrected chi connectivity index (χ3v) is 7.18. The molecule has 3 aromatic rings. The van der Waals surface area contributed by atoms with E-state index in [4.69, 9.17) is 16.3 Å². The Balaban J connectivity index is 1.66. The van der Waals surface area contributed by atoms with Crippen LogP contribution in [0, 0.1) is 0 Å². The lowest BCUT2D eigenvalue weighted by atomic mass is 9.86. The van der Waals surface area contributed by atoms with Gasteiger partial charge in [-0.15, -0.1) is 0 Å². The number of benzene rings is 2. The first-order valence-corrected chi connectivity index (χ1v) is 14.1. The minimum atomic E-state index is -0.00325. The summed E-state index contributed by atoms with van der Waals surface area (Å²) in [6.45, 7) is 11.4. The molecule has 4 heteroatoms. The monoisotopic (exact) mass is 531 g/mol. The van der Waals surface area contributed by atoms with Crippen LogP contribution in [0.2, 0.25) is 5.02 Å². The van der Waals surface area contributed by atoms with Crippen LogP contribution in [0.3, 0.4) is 0 Å². The second-order valence-electron chi connectivity index (χ2n) is 10.4. The van der Waals surface area contributed by atoms with E-state index >= 15 is 0 Å². The van der Waals surface area contributed by atoms with Crippen molar-refractivity contribution in [2.75, 3.05) is 6.61 Å². The highest BCUT2D eigenvalue weighted by Crippen LogP contribution is 2.41. The maximum absolute atomic E-state index is 11.1. The summed E-state index contributed by atoms with van der Waals surface area (Å²) >= 11 is 6.59. The molecule has 0 amide bonds. The van der Waals surface area contributed by atoms with E-state index in [1.165, 1.54) is 16.7 Å². The predicted molar refractivity (Wildman–Crippen MR) is 163 cm³/mol. The van der Waals surface area contributed by atoms with Gasteiger partial charge in [0.1, 0.15) is 23.6 Å². The van der Waals surface area contributed by atoms with Crippen molar-refractivity contribution >= 4 is 22.5 Å². The molecule has 0 spiro atoms. The fourth-order valence-electron chi connectivity index (χ4n) is 4.70. The Morgan fingerprint density at radius 2 is 1.71 bits per heavy atom. The van der Waals surface area contributed by atoms with E-state index in [1.807, 2.05) is 30.3 Å². The molecule has 0 bridgehead atoms. The molecule has 0 saturated carbocycles. The third-order valence-electron chi connectivity index (χ3n) is 6.86. The van der Waals surface area contributed by atoms with Crippen LogP contribution in [0.1, 0.15) is 90.2 Å². The van der Waals surface area contributed by atoms with E-state index in [0.717, 1.165) is 60.8 Å². The second kappa shape index (κ2) is 14.8. The van der Waals surface area contributed by atoms with Crippen LogP contribution in [0.4, 0.5) is 0 Å². The molecular weight excluding hydrogens is 490 g/mol. The van der Waals surface area contributed by atoms with Gasteiger partial charge in [-0.05, 0) is 102 Å². The van der Waals surface area contributed by atoms with Gasteiger partial charge in [0.05, 0.1) is 5.02 Å². The van der Waals surface area contributed by atoms with E-state index in [1.54, 1.807) is 6.20 Å². The van der Waals surface area contributed by atoms with Crippen LogP contribution in [0.15, 0.2) is 83.6 Å². The summed E-state index contributed by atoms with van der Waals surface area (Å²) in [6.07, 6.45) is 14.7. The molecule has 38 heavy (non-hydrogen) atoms. The highest BCUT2D eigenvalue weighted by Gasteiger charge is 2.21. The van der Waals surface area contributed by atoms with Gasteiger partial charge in [-0.1, -0.05) is 65.9 Å². The topological polar surface area (TPSA) is 42.4 Å². The lowest BCUT2D eigenvalue weighted by Crippen LogP contribution is -2.03. The van der Waals surface area contributed by atoms with Crippen LogP contribution in [-0.2, 0) is 0 Å². The second-order valence-corrected chi connectivity index (χ2v) is 10.8. The molecule has 0 aliphatic heterocycles. The molecule has 0 fully saturated rings. The van der Waals surface area contributed by atoms with Crippen molar-refractivity contribution in [1.82, 2.24) is 4.98 Å². The number of rotatable bonds is 13. The van der Waals surface area contributed by atoms with Crippen molar-refractivity contribution < 1.29 is 9.84 Å². The number of ether oxygens (including phenoxy) is 1. The lowest BCUT2D eigenvalue weighted by molar-refractivity contribution is 0.361. The van der Waals surface area contributed by atoms with Crippen molar-refractivity contribution in [3.63, 3.8) is 0 Å². The van der Waals surface area contributed by atoms with Gasteiger partial charge in [0.25, 0.3) is 0 Å². The van der Waals surface area contributed by atoms with Crippen molar-refractivity contribution in [2.24, 2.45) is 0 Å². The van der Waals surface area contributed by atoms with Gasteiger partial charge in [0.15, 0.2) is 0 Å². The Kier molecular flexibility index (Phi) is 11.5. The average molecular weight is 532 g/mol. The van der Waals surface area contributed by atoms with Crippen LogP contribution < -0.4 is 4.74 Å². The number of hydrogen-bond acceptors (Lipinski definition) is 3. The molecule has 0 aliphatic carbocycles. The molecule has 0 aliphatic rings. The predicted octanol–water partition coefficient (Wildman–Crippen LogP) is 10.3. The van der Waals surface area contributed by atoms with Gasteiger partial charge in [-0.3, -0.25) is 4.98 Å². The van der Waals surface area contributed by atoms with Gasteiger partial charge in [0, 0.05) is 23.1 Å². The molecule has 0 radical (unpaired) electrons. The highest BCUT2D eigenvalue weighted by atomic mass is 35.5. The van der Waals surface area contributed by atoms with Gasteiger partial charge < -0.3 is 9.84 Å². The molecular formula is C34H42ClNO2. The summed E-state index contributed by atoms with van der Waals surface area (Å²) in [4.78, 5) is 4.39. The Hall–Kier alpha value is -3.04. The minimum absolute atomic E-state index is 0.00325. The average Bonchev–Trinajstić information content (AvgIpc) is 2.89. The smallest absolute Gasteiger partial charge is 0.145 e. The molecule has 2 aromatic carbocycles. The first-order valence-electron chi connectivity index (χ1n) is 13.7. The van der Waals surface area contributed by atoms with Crippen LogP contribution >= 0.6 is 11.6 Å². The summed E-state index contributed by atoms with van der Waals surface area (Å²) < 4.78 is 6.11. The number of phenols is 1. The maximum atomic E-state index is 11.1. The Morgan fingerprint density at radius 3 is 2.45 bits per heavy atom. The molecule has 3 rings (SSSR count). The van der Waals surface area contributed by atoms with Gasteiger partial charge >= 0.3 is 0 Å². The summed E-state index contributed by atoms with van der Waals surface area (Å²) in [5.41, 5.74) is 6.63. The zero-order valence-corrected chi connectivity index (χ0v) is 24.3. The van der Waals surface area contributed by atoms with Crippen LogP contribution in [0.5, 0.6) is 11.5 Å². The Bertz CT molecular complexity index is 1300.